The third-order valence-corrected chi connectivity index (χ3v) is 3.27. The molecular weight excluding hydrogens is 299 g/mol. The van der Waals surface area contributed by atoms with Crippen LogP contribution in [0.1, 0.15) is 18.9 Å². The van der Waals surface area contributed by atoms with Gasteiger partial charge >= 0.3 is 0 Å². The van der Waals surface area contributed by atoms with Crippen LogP contribution in [0.4, 0.5) is 0 Å². The Kier molecular flexibility index (Phi) is 11.2. The third kappa shape index (κ3) is 6.90. The molecule has 0 amide bonds. The summed E-state index contributed by atoms with van der Waals surface area (Å²) in [7, 11) is 0. The van der Waals surface area contributed by atoms with Crippen molar-refractivity contribution in [3.05, 3.63) is 18.0 Å². The van der Waals surface area contributed by atoms with Crippen molar-refractivity contribution in [1.29, 1.82) is 0 Å². The number of ether oxygens (including phenoxy) is 1. The molecule has 1 N–H and O–H groups in total. The molecule has 1 aliphatic heterocycles. The smallest absolute Gasteiger partial charge is 0.0594 e. The molecule has 1 aromatic heterocycles. The second-order valence-electron chi connectivity index (χ2n) is 4.69. The molecule has 0 aliphatic carbocycles. The number of nitrogens with zero attached hydrogens (tertiary/aromatic N) is 3. The van der Waals surface area contributed by atoms with Gasteiger partial charge in [0, 0.05) is 37.9 Å². The summed E-state index contributed by atoms with van der Waals surface area (Å²) in [4.78, 5) is 2.47. The second kappa shape index (κ2) is 11.3. The summed E-state index contributed by atoms with van der Waals surface area (Å²) in [6.07, 6.45) is 5.25. The number of hydrogen-bond donors (Lipinski definition) is 1. The average molecular weight is 325 g/mol. The van der Waals surface area contributed by atoms with E-state index < -0.39 is 0 Å². The molecule has 2 heterocycles. The highest BCUT2D eigenvalue weighted by Gasteiger charge is 2.08. The molecule has 0 unspecified atom stereocenters. The molecular formula is C13H26Cl2N4O. The summed E-state index contributed by atoms with van der Waals surface area (Å²) in [5.74, 6) is 0. The van der Waals surface area contributed by atoms with Crippen molar-refractivity contribution >= 4 is 24.8 Å². The van der Waals surface area contributed by atoms with E-state index >= 15 is 0 Å². The molecule has 1 saturated heterocycles. The van der Waals surface area contributed by atoms with Gasteiger partial charge < -0.3 is 10.1 Å². The van der Waals surface area contributed by atoms with Crippen molar-refractivity contribution in [3.63, 3.8) is 0 Å². The van der Waals surface area contributed by atoms with Crippen LogP contribution in [-0.2, 0) is 17.8 Å². The van der Waals surface area contributed by atoms with Gasteiger partial charge in [0.2, 0.25) is 0 Å². The van der Waals surface area contributed by atoms with E-state index in [1.807, 2.05) is 10.9 Å². The lowest BCUT2D eigenvalue weighted by Gasteiger charge is -2.26. The number of halogens is 2. The third-order valence-electron chi connectivity index (χ3n) is 3.27. The Bertz CT molecular complexity index is 343. The maximum atomic E-state index is 5.33. The van der Waals surface area contributed by atoms with Crippen LogP contribution in [-0.4, -0.2) is 54.1 Å². The van der Waals surface area contributed by atoms with Gasteiger partial charge in [-0.05, 0) is 26.4 Å². The lowest BCUT2D eigenvalue weighted by atomic mass is 10.3. The predicted octanol–water partition coefficient (Wildman–Crippen LogP) is 1.56. The Morgan fingerprint density at radius 3 is 2.70 bits per heavy atom. The first-order chi connectivity index (χ1) is 8.88. The number of rotatable bonds is 7. The molecule has 0 spiro atoms. The van der Waals surface area contributed by atoms with Crippen LogP contribution in [0.3, 0.4) is 0 Å². The van der Waals surface area contributed by atoms with Crippen LogP contribution < -0.4 is 5.32 Å². The quantitative estimate of drug-likeness (QED) is 0.773. The van der Waals surface area contributed by atoms with E-state index in [0.29, 0.717) is 0 Å². The highest BCUT2D eigenvalue weighted by molar-refractivity contribution is 5.85. The van der Waals surface area contributed by atoms with E-state index in [9.17, 15) is 0 Å². The molecule has 5 nitrogen and oxygen atoms in total. The van der Waals surface area contributed by atoms with Gasteiger partial charge in [0.25, 0.3) is 0 Å². The summed E-state index contributed by atoms with van der Waals surface area (Å²) < 4.78 is 7.29. The molecule has 1 aromatic rings. The SMILES string of the molecule is CCn1cc(CNCCCN2CCOCC2)cn1.Cl.Cl. The molecule has 1 aliphatic rings. The summed E-state index contributed by atoms with van der Waals surface area (Å²) in [6.45, 7) is 10.2. The first-order valence-electron chi connectivity index (χ1n) is 6.90. The van der Waals surface area contributed by atoms with Crippen molar-refractivity contribution < 1.29 is 4.74 Å². The maximum absolute atomic E-state index is 5.33. The molecule has 1 fully saturated rings. The molecule has 7 heteroatoms. The summed E-state index contributed by atoms with van der Waals surface area (Å²) in [6, 6.07) is 0. The number of aryl methyl sites for hydroxylation is 1. The Hall–Kier alpha value is -0.330. The fraction of sp³-hybridized carbons (Fsp3) is 0.769. The van der Waals surface area contributed by atoms with E-state index in [1.54, 1.807) is 0 Å². The van der Waals surface area contributed by atoms with E-state index in [-0.39, 0.29) is 24.8 Å². The highest BCUT2D eigenvalue weighted by Crippen LogP contribution is 1.99. The summed E-state index contributed by atoms with van der Waals surface area (Å²) in [5.41, 5.74) is 1.27. The minimum atomic E-state index is 0. The normalized spacial score (nSPS) is 15.4. The van der Waals surface area contributed by atoms with Crippen molar-refractivity contribution in [3.8, 4) is 0 Å². The largest absolute Gasteiger partial charge is 0.379 e. The van der Waals surface area contributed by atoms with Gasteiger partial charge in [-0.2, -0.15) is 5.10 Å². The number of aromatic nitrogens is 2. The minimum absolute atomic E-state index is 0. The molecule has 0 bridgehead atoms. The van der Waals surface area contributed by atoms with Crippen LogP contribution in [0.5, 0.6) is 0 Å². The zero-order valence-electron chi connectivity index (χ0n) is 12.1. The molecule has 2 rings (SSSR count). The van der Waals surface area contributed by atoms with Gasteiger partial charge in [0.05, 0.1) is 19.4 Å². The standard InChI is InChI=1S/C13H24N4O.2ClH/c1-2-17-12-13(11-15-17)10-14-4-3-5-16-6-8-18-9-7-16;;/h11-12,14H,2-10H2,1H3;2*1H. The maximum Gasteiger partial charge on any atom is 0.0594 e. The van der Waals surface area contributed by atoms with Gasteiger partial charge in [0.15, 0.2) is 0 Å². The average Bonchev–Trinajstić information content (AvgIpc) is 2.87. The number of morpholine rings is 1. The first kappa shape index (κ1) is 19.7. The van der Waals surface area contributed by atoms with Crippen LogP contribution in [0.2, 0.25) is 0 Å². The Morgan fingerprint density at radius 2 is 2.05 bits per heavy atom. The Morgan fingerprint density at radius 1 is 1.30 bits per heavy atom. The van der Waals surface area contributed by atoms with Crippen molar-refractivity contribution in [2.24, 2.45) is 0 Å². The zero-order chi connectivity index (χ0) is 12.6. The van der Waals surface area contributed by atoms with Crippen LogP contribution >= 0.6 is 24.8 Å². The Labute approximate surface area is 133 Å². The van der Waals surface area contributed by atoms with Gasteiger partial charge in [-0.15, -0.1) is 24.8 Å². The fourth-order valence-corrected chi connectivity index (χ4v) is 2.16. The van der Waals surface area contributed by atoms with Crippen LogP contribution in [0.15, 0.2) is 12.4 Å². The van der Waals surface area contributed by atoms with E-state index in [4.69, 9.17) is 4.74 Å². The predicted molar refractivity (Wildman–Crippen MR) is 86.0 cm³/mol. The van der Waals surface area contributed by atoms with E-state index in [0.717, 1.165) is 45.9 Å². The molecule has 0 radical (unpaired) electrons. The van der Waals surface area contributed by atoms with Gasteiger partial charge in [-0.3, -0.25) is 9.58 Å². The minimum Gasteiger partial charge on any atom is -0.379 e. The van der Waals surface area contributed by atoms with Crippen molar-refractivity contribution in [2.45, 2.75) is 26.4 Å². The summed E-state index contributed by atoms with van der Waals surface area (Å²) in [5, 5.41) is 7.73. The zero-order valence-corrected chi connectivity index (χ0v) is 13.7. The highest BCUT2D eigenvalue weighted by atomic mass is 35.5. The van der Waals surface area contributed by atoms with E-state index in [1.165, 1.54) is 18.5 Å². The number of nitrogens with one attached hydrogen (secondary N) is 1. The monoisotopic (exact) mass is 324 g/mol. The fourth-order valence-electron chi connectivity index (χ4n) is 2.16. The first-order valence-corrected chi connectivity index (χ1v) is 6.90. The Balaban J connectivity index is 0.00000180. The molecule has 0 saturated carbocycles. The van der Waals surface area contributed by atoms with Gasteiger partial charge in [-0.25, -0.2) is 0 Å². The molecule has 20 heavy (non-hydrogen) atoms. The molecule has 118 valence electrons. The van der Waals surface area contributed by atoms with Crippen molar-refractivity contribution in [1.82, 2.24) is 20.0 Å². The van der Waals surface area contributed by atoms with Gasteiger partial charge in [0.1, 0.15) is 0 Å². The second-order valence-corrected chi connectivity index (χ2v) is 4.69. The van der Waals surface area contributed by atoms with Gasteiger partial charge in [-0.1, -0.05) is 0 Å². The van der Waals surface area contributed by atoms with Crippen LogP contribution in [0.25, 0.3) is 0 Å². The lowest BCUT2D eigenvalue weighted by molar-refractivity contribution is 0.0374. The van der Waals surface area contributed by atoms with E-state index in [2.05, 4.69) is 28.4 Å². The van der Waals surface area contributed by atoms with Crippen LogP contribution in [0, 0.1) is 0 Å². The van der Waals surface area contributed by atoms with Crippen molar-refractivity contribution in [2.75, 3.05) is 39.4 Å². The lowest BCUT2D eigenvalue weighted by Crippen LogP contribution is -2.37. The molecule has 0 aromatic carbocycles. The summed E-state index contributed by atoms with van der Waals surface area (Å²) >= 11 is 0. The topological polar surface area (TPSA) is 42.3 Å². The number of hydrogen-bond acceptors (Lipinski definition) is 4. The molecule has 0 atom stereocenters.